The van der Waals surface area contributed by atoms with E-state index in [4.69, 9.17) is 9.47 Å². The molecular formula is C14H22N4O3. The molecule has 7 nitrogen and oxygen atoms in total. The molecule has 1 aliphatic rings. The number of rotatable bonds is 5. The molecular weight excluding hydrogens is 272 g/mol. The number of nitrogens with zero attached hydrogens (tertiary/aromatic N) is 3. The minimum atomic E-state index is -0.409. The third kappa shape index (κ3) is 4.04. The Kier molecular flexibility index (Phi) is 5.32. The summed E-state index contributed by atoms with van der Waals surface area (Å²) in [5.74, 6) is 0.743. The van der Waals surface area contributed by atoms with Crippen molar-refractivity contribution in [2.75, 3.05) is 31.1 Å². The molecule has 1 fully saturated rings. The van der Waals surface area contributed by atoms with Crippen LogP contribution >= 0.6 is 0 Å². The highest BCUT2D eigenvalue weighted by Crippen LogP contribution is 2.18. The van der Waals surface area contributed by atoms with Gasteiger partial charge in [-0.2, -0.15) is 4.98 Å². The monoisotopic (exact) mass is 294 g/mol. The van der Waals surface area contributed by atoms with E-state index in [-0.39, 0.29) is 12.1 Å². The molecule has 1 aliphatic heterocycles. The number of anilines is 1. The quantitative estimate of drug-likeness (QED) is 0.797. The smallest absolute Gasteiger partial charge is 0.330 e. The topological polar surface area (TPSA) is 76.6 Å². The van der Waals surface area contributed by atoms with Gasteiger partial charge in [-0.05, 0) is 20.8 Å². The molecule has 0 bridgehead atoms. The van der Waals surface area contributed by atoms with Gasteiger partial charge in [-0.15, -0.1) is 0 Å². The first-order valence-corrected chi connectivity index (χ1v) is 7.25. The predicted octanol–water partition coefficient (Wildman–Crippen LogP) is 0.605. The summed E-state index contributed by atoms with van der Waals surface area (Å²) in [5.41, 5.74) is 0. The van der Waals surface area contributed by atoms with Crippen LogP contribution in [-0.4, -0.2) is 54.3 Å². The number of esters is 1. The Morgan fingerprint density at radius 1 is 1.57 bits per heavy atom. The second kappa shape index (κ2) is 7.21. The van der Waals surface area contributed by atoms with Crippen LogP contribution in [0.4, 0.5) is 5.95 Å². The summed E-state index contributed by atoms with van der Waals surface area (Å²) in [5, 5.41) is 3.19. The lowest BCUT2D eigenvalue weighted by atomic mass is 10.2. The van der Waals surface area contributed by atoms with Gasteiger partial charge in [0.2, 0.25) is 11.8 Å². The van der Waals surface area contributed by atoms with Crippen LogP contribution in [0.3, 0.4) is 0 Å². The number of aromatic nitrogens is 2. The minimum absolute atomic E-state index is 0.0385. The number of carbonyl (C=O) groups excluding carboxylic acids is 1. The van der Waals surface area contributed by atoms with Gasteiger partial charge in [0.05, 0.1) is 12.7 Å². The van der Waals surface area contributed by atoms with Crippen LogP contribution in [0, 0.1) is 0 Å². The summed E-state index contributed by atoms with van der Waals surface area (Å²) in [6.45, 7) is 7.98. The molecule has 21 heavy (non-hydrogen) atoms. The number of piperazine rings is 1. The van der Waals surface area contributed by atoms with Crippen LogP contribution in [0.25, 0.3) is 0 Å². The normalized spacial score (nSPS) is 18.7. The van der Waals surface area contributed by atoms with Crippen molar-refractivity contribution in [3.63, 3.8) is 0 Å². The molecule has 116 valence electrons. The standard InChI is InChI=1S/C14H22N4O3/c1-4-20-13(19)11-9-15-7-8-18(11)14-16-6-5-12(17-14)21-10(2)3/h5-6,10-11,15H,4,7-9H2,1-3H3. The van der Waals surface area contributed by atoms with Gasteiger partial charge in [0.25, 0.3) is 0 Å². The molecule has 7 heteroatoms. The van der Waals surface area contributed by atoms with Gasteiger partial charge in [-0.1, -0.05) is 0 Å². The highest BCUT2D eigenvalue weighted by atomic mass is 16.5. The SMILES string of the molecule is CCOC(=O)C1CNCCN1c1nccc(OC(C)C)n1. The predicted molar refractivity (Wildman–Crippen MR) is 78.4 cm³/mol. The average molecular weight is 294 g/mol. The van der Waals surface area contributed by atoms with Crippen molar-refractivity contribution >= 4 is 11.9 Å². The number of hydrogen-bond acceptors (Lipinski definition) is 7. The molecule has 2 heterocycles. The molecule has 0 aliphatic carbocycles. The summed E-state index contributed by atoms with van der Waals surface area (Å²) < 4.78 is 10.7. The largest absolute Gasteiger partial charge is 0.475 e. The fraction of sp³-hybridized carbons (Fsp3) is 0.643. The number of carbonyl (C=O) groups is 1. The first-order valence-electron chi connectivity index (χ1n) is 7.25. The van der Waals surface area contributed by atoms with Crippen molar-refractivity contribution in [3.8, 4) is 5.88 Å². The van der Waals surface area contributed by atoms with Gasteiger partial charge >= 0.3 is 5.97 Å². The van der Waals surface area contributed by atoms with E-state index in [9.17, 15) is 4.79 Å². The molecule has 2 rings (SSSR count). The van der Waals surface area contributed by atoms with Crippen molar-refractivity contribution in [2.24, 2.45) is 0 Å². The molecule has 1 atom stereocenters. The molecule has 0 saturated carbocycles. The lowest BCUT2D eigenvalue weighted by molar-refractivity contribution is -0.144. The third-order valence-electron chi connectivity index (χ3n) is 3.03. The second-order valence-electron chi connectivity index (χ2n) is 5.03. The highest BCUT2D eigenvalue weighted by molar-refractivity contribution is 5.80. The van der Waals surface area contributed by atoms with E-state index in [1.54, 1.807) is 19.2 Å². The van der Waals surface area contributed by atoms with E-state index in [2.05, 4.69) is 15.3 Å². The Morgan fingerprint density at radius 2 is 2.38 bits per heavy atom. The summed E-state index contributed by atoms with van der Waals surface area (Å²) in [4.78, 5) is 22.6. The van der Waals surface area contributed by atoms with Crippen LogP contribution in [-0.2, 0) is 9.53 Å². The Balaban J connectivity index is 2.18. The Morgan fingerprint density at radius 3 is 3.10 bits per heavy atom. The molecule has 0 spiro atoms. The lowest BCUT2D eigenvalue weighted by Gasteiger charge is -2.34. The molecule has 0 aromatic carbocycles. The van der Waals surface area contributed by atoms with E-state index in [0.717, 1.165) is 6.54 Å². The summed E-state index contributed by atoms with van der Waals surface area (Å²) >= 11 is 0. The maximum absolute atomic E-state index is 12.1. The lowest BCUT2D eigenvalue weighted by Crippen LogP contribution is -2.56. The summed E-state index contributed by atoms with van der Waals surface area (Å²) in [6.07, 6.45) is 1.68. The number of ether oxygens (including phenoxy) is 2. The summed E-state index contributed by atoms with van der Waals surface area (Å²) in [6, 6.07) is 1.30. The Hall–Kier alpha value is -1.89. The zero-order valence-electron chi connectivity index (χ0n) is 12.7. The van der Waals surface area contributed by atoms with Crippen molar-refractivity contribution in [1.82, 2.24) is 15.3 Å². The summed E-state index contributed by atoms with van der Waals surface area (Å²) in [7, 11) is 0. The van der Waals surface area contributed by atoms with Crippen molar-refractivity contribution in [3.05, 3.63) is 12.3 Å². The zero-order chi connectivity index (χ0) is 15.2. The van der Waals surface area contributed by atoms with Crippen LogP contribution in [0.15, 0.2) is 12.3 Å². The van der Waals surface area contributed by atoms with Crippen LogP contribution in [0.1, 0.15) is 20.8 Å². The van der Waals surface area contributed by atoms with E-state index in [0.29, 0.717) is 31.5 Å². The molecule has 1 aromatic rings. The van der Waals surface area contributed by atoms with Crippen LogP contribution in [0.5, 0.6) is 5.88 Å². The van der Waals surface area contributed by atoms with Gasteiger partial charge in [0, 0.05) is 31.9 Å². The number of hydrogen-bond donors (Lipinski definition) is 1. The Labute approximate surface area is 124 Å². The fourth-order valence-electron chi connectivity index (χ4n) is 2.17. The maximum atomic E-state index is 12.1. The third-order valence-corrected chi connectivity index (χ3v) is 3.03. The molecule has 1 aromatic heterocycles. The molecule has 0 amide bonds. The van der Waals surface area contributed by atoms with Gasteiger partial charge in [0.1, 0.15) is 6.04 Å². The average Bonchev–Trinajstić information content (AvgIpc) is 2.47. The van der Waals surface area contributed by atoms with Crippen molar-refractivity contribution in [2.45, 2.75) is 32.9 Å². The van der Waals surface area contributed by atoms with E-state index in [1.165, 1.54) is 0 Å². The first-order chi connectivity index (χ1) is 10.1. The van der Waals surface area contributed by atoms with Gasteiger partial charge in [-0.25, -0.2) is 9.78 Å². The van der Waals surface area contributed by atoms with Gasteiger partial charge < -0.3 is 19.7 Å². The van der Waals surface area contributed by atoms with Crippen LogP contribution < -0.4 is 15.0 Å². The van der Waals surface area contributed by atoms with Crippen LogP contribution in [0.2, 0.25) is 0 Å². The van der Waals surface area contributed by atoms with Gasteiger partial charge in [0.15, 0.2) is 0 Å². The fourth-order valence-corrected chi connectivity index (χ4v) is 2.17. The van der Waals surface area contributed by atoms with E-state index in [1.807, 2.05) is 18.7 Å². The highest BCUT2D eigenvalue weighted by Gasteiger charge is 2.31. The maximum Gasteiger partial charge on any atom is 0.330 e. The zero-order valence-corrected chi connectivity index (χ0v) is 12.7. The van der Waals surface area contributed by atoms with E-state index >= 15 is 0 Å². The van der Waals surface area contributed by atoms with Crippen molar-refractivity contribution < 1.29 is 14.3 Å². The Bertz CT molecular complexity index is 481. The van der Waals surface area contributed by atoms with Crippen molar-refractivity contribution in [1.29, 1.82) is 0 Å². The minimum Gasteiger partial charge on any atom is -0.475 e. The molecule has 1 saturated heterocycles. The second-order valence-corrected chi connectivity index (χ2v) is 5.03. The van der Waals surface area contributed by atoms with Gasteiger partial charge in [-0.3, -0.25) is 0 Å². The molecule has 1 N–H and O–H groups in total. The number of nitrogens with one attached hydrogen (secondary N) is 1. The molecule has 1 unspecified atom stereocenters. The molecule has 0 radical (unpaired) electrons. The first kappa shape index (κ1) is 15.5. The van der Waals surface area contributed by atoms with E-state index < -0.39 is 6.04 Å².